The molecule has 1 aliphatic heterocycles. The van der Waals surface area contributed by atoms with E-state index in [9.17, 15) is 19.5 Å². The summed E-state index contributed by atoms with van der Waals surface area (Å²) < 4.78 is 87.9. The number of benzene rings is 1. The fraction of sp³-hybridized carbons (Fsp3) is 0.550. The molecule has 2 N–H and O–H groups in total. The van der Waals surface area contributed by atoms with Crippen molar-refractivity contribution in [3.63, 3.8) is 0 Å². The van der Waals surface area contributed by atoms with Crippen LogP contribution >= 0.6 is 0 Å². The minimum Gasteiger partial charge on any atom is -0.385 e. The van der Waals surface area contributed by atoms with Gasteiger partial charge in [0.15, 0.2) is 5.78 Å². The van der Waals surface area contributed by atoms with Crippen LogP contribution in [0.2, 0.25) is 0 Å². The third-order valence-corrected chi connectivity index (χ3v) is 3.74. The van der Waals surface area contributed by atoms with Crippen molar-refractivity contribution in [1.29, 1.82) is 0 Å². The number of Topliss-reactive ketones (excluding diaryl/α,β-unsaturated/α-hetero) is 1. The smallest absolute Gasteiger partial charge is 0.249 e. The molecular formula is C20H28N2O4. The van der Waals surface area contributed by atoms with Gasteiger partial charge in [-0.25, -0.2) is 0 Å². The zero-order valence-corrected chi connectivity index (χ0v) is 14.6. The summed E-state index contributed by atoms with van der Waals surface area (Å²) in [6, 6.07) is 2.08. The van der Waals surface area contributed by atoms with Crippen LogP contribution < -0.4 is 5.32 Å². The third kappa shape index (κ3) is 4.49. The molecule has 6 heteroatoms. The zero-order chi connectivity index (χ0) is 29.2. The number of carbonyl (C=O) groups is 3. The van der Waals surface area contributed by atoms with Gasteiger partial charge in [0.1, 0.15) is 12.1 Å². The number of fused-ring (bicyclic) bond motifs is 1. The topological polar surface area (TPSA) is 86.7 Å². The van der Waals surface area contributed by atoms with Gasteiger partial charge in [0.05, 0.1) is 2.74 Å². The van der Waals surface area contributed by atoms with Crippen LogP contribution in [0.25, 0.3) is 0 Å². The van der Waals surface area contributed by atoms with Crippen molar-refractivity contribution in [3.05, 3.63) is 35.4 Å². The lowest BCUT2D eigenvalue weighted by atomic mass is 9.94. The van der Waals surface area contributed by atoms with Crippen LogP contribution in [0.3, 0.4) is 0 Å². The molecule has 0 saturated heterocycles. The summed E-state index contributed by atoms with van der Waals surface area (Å²) in [5, 5.41) is 12.3. The molecule has 0 radical (unpaired) electrons. The number of amides is 2. The van der Waals surface area contributed by atoms with Crippen molar-refractivity contribution in [3.8, 4) is 0 Å². The summed E-state index contributed by atoms with van der Waals surface area (Å²) >= 11 is 0. The Kier molecular flexibility index (Phi) is 3.13. The second-order valence-corrected chi connectivity index (χ2v) is 5.83. The van der Waals surface area contributed by atoms with E-state index in [1.807, 2.05) is 5.32 Å². The van der Waals surface area contributed by atoms with E-state index in [1.54, 1.807) is 0 Å². The lowest BCUT2D eigenvalue weighted by molar-refractivity contribution is -0.137. The van der Waals surface area contributed by atoms with Gasteiger partial charge in [-0.3, -0.25) is 14.4 Å². The molecule has 2 rings (SSSR count). The van der Waals surface area contributed by atoms with E-state index >= 15 is 0 Å². The Balaban J connectivity index is 2.51. The Labute approximate surface area is 170 Å². The minimum absolute atomic E-state index is 0.317. The maximum atomic E-state index is 13.3. The van der Waals surface area contributed by atoms with E-state index in [0.29, 0.717) is 11.8 Å². The van der Waals surface area contributed by atoms with E-state index < -0.39 is 78.8 Å². The summed E-state index contributed by atoms with van der Waals surface area (Å²) in [5.41, 5.74) is -0.842. The molecule has 0 spiro atoms. The van der Waals surface area contributed by atoms with Crippen molar-refractivity contribution in [1.82, 2.24) is 10.2 Å². The number of nitrogens with one attached hydrogen (secondary N) is 1. The number of hydrogen-bond donors (Lipinski definition) is 2. The molecule has 0 aliphatic carbocycles. The van der Waals surface area contributed by atoms with Crippen LogP contribution in [0, 0.1) is 11.8 Å². The molecule has 0 bridgehead atoms. The highest BCUT2D eigenvalue weighted by Gasteiger charge is 2.32. The number of aliphatic hydroxyl groups is 1. The Morgan fingerprint density at radius 2 is 2.19 bits per heavy atom. The van der Waals surface area contributed by atoms with E-state index in [1.165, 1.54) is 12.1 Å². The lowest BCUT2D eigenvalue weighted by Crippen LogP contribution is -2.43. The molecule has 1 aromatic rings. The summed E-state index contributed by atoms with van der Waals surface area (Å²) in [7, 11) is 0.898. The predicted molar refractivity (Wildman–Crippen MR) is 98.3 cm³/mol. The largest absolute Gasteiger partial charge is 0.385 e. The standard InChI is InChI=1S/C20H28N2O4/c1-12(2)18(24)16(23)11-13(3)19(25)21-17-15-8-6-5-7-14(15)9-10-22(4)20(17)26/h5-8,12-13,17-18,24H,9-11H2,1-4H3,(H,21,25)/t13-,17+,18+/m1/s1/i1D3,9D2,10D2,12D,13D,17D,18D/t12?,13-,17+,18+. The van der Waals surface area contributed by atoms with Gasteiger partial charge in [0, 0.05) is 38.2 Å². The van der Waals surface area contributed by atoms with Crippen LogP contribution in [0.1, 0.15) is 59.3 Å². The molecule has 0 fully saturated rings. The van der Waals surface area contributed by atoms with Crippen LogP contribution in [0.15, 0.2) is 24.3 Å². The number of nitrogens with zero attached hydrogens (tertiary/aromatic N) is 1. The normalized spacial score (nSPS) is 37.6. The van der Waals surface area contributed by atoms with E-state index in [4.69, 9.17) is 15.1 Å². The van der Waals surface area contributed by atoms with Gasteiger partial charge < -0.3 is 15.3 Å². The highest BCUT2D eigenvalue weighted by Crippen LogP contribution is 2.25. The molecular weight excluding hydrogens is 332 g/mol. The molecule has 0 saturated carbocycles. The quantitative estimate of drug-likeness (QED) is 0.793. The Morgan fingerprint density at radius 1 is 1.50 bits per heavy atom. The SMILES string of the molecule is [2H]C([2H])([2H])C([2H])(C)[C@]([2H])(O)C(=O)C[C@@]([2H])(C)C(=O)N[C@]1([2H])C(=O)N(C)C([2H])([2H])C([2H])([2H])c2ccccc21. The molecule has 1 aliphatic rings. The van der Waals surface area contributed by atoms with Gasteiger partial charge in [-0.15, -0.1) is 0 Å². The van der Waals surface area contributed by atoms with Crippen LogP contribution in [-0.2, 0) is 20.8 Å². The van der Waals surface area contributed by atoms with Gasteiger partial charge in [-0.05, 0) is 23.4 Å². The first kappa shape index (κ1) is 9.65. The van der Waals surface area contributed by atoms with E-state index in [0.717, 1.165) is 26.1 Å². The third-order valence-electron chi connectivity index (χ3n) is 3.74. The predicted octanol–water partition coefficient (Wildman–Crippen LogP) is 1.47. The number of ketones is 1. The fourth-order valence-corrected chi connectivity index (χ4v) is 2.24. The Hall–Kier alpha value is -2.21. The second-order valence-electron chi connectivity index (χ2n) is 5.83. The van der Waals surface area contributed by atoms with E-state index in [-0.39, 0.29) is 0 Å². The Bertz CT molecular complexity index is 1120. The molecule has 6 nitrogen and oxygen atoms in total. The van der Waals surface area contributed by atoms with E-state index in [2.05, 4.69) is 0 Å². The molecule has 142 valence electrons. The number of carbonyl (C=O) groups excluding carboxylic acids is 3. The van der Waals surface area contributed by atoms with Gasteiger partial charge in [0.2, 0.25) is 11.8 Å². The number of aryl methyl sites for hydroxylation is 1. The first-order chi connectivity index (χ1) is 16.3. The van der Waals surface area contributed by atoms with Gasteiger partial charge in [-0.1, -0.05) is 45.0 Å². The van der Waals surface area contributed by atoms with Crippen molar-refractivity contribution in [2.75, 3.05) is 13.5 Å². The van der Waals surface area contributed by atoms with Crippen molar-refractivity contribution in [2.24, 2.45) is 11.8 Å². The average molecular weight is 372 g/mol. The van der Waals surface area contributed by atoms with Crippen molar-refractivity contribution in [2.45, 2.75) is 45.6 Å². The molecule has 1 unspecified atom stereocenters. The summed E-state index contributed by atoms with van der Waals surface area (Å²) in [5.74, 6) is -10.1. The lowest BCUT2D eigenvalue weighted by Gasteiger charge is -2.24. The molecule has 1 aromatic carbocycles. The number of rotatable bonds is 6. The first-order valence-corrected chi connectivity index (χ1v) is 7.76. The summed E-state index contributed by atoms with van der Waals surface area (Å²) in [6.07, 6.45) is -7.68. The fourth-order valence-electron chi connectivity index (χ4n) is 2.24. The molecule has 2 amide bonds. The van der Waals surface area contributed by atoms with Crippen LogP contribution in [0.5, 0.6) is 0 Å². The summed E-state index contributed by atoms with van der Waals surface area (Å²) in [6.45, 7) is -4.79. The van der Waals surface area contributed by atoms with Crippen molar-refractivity contribution < 1.29 is 34.6 Å². The summed E-state index contributed by atoms with van der Waals surface area (Å²) in [4.78, 5) is 39.3. The highest BCUT2D eigenvalue weighted by atomic mass is 16.3. The second kappa shape index (κ2) is 8.45. The Morgan fingerprint density at radius 3 is 2.88 bits per heavy atom. The minimum atomic E-state index is -3.56. The number of hydrogen-bond acceptors (Lipinski definition) is 4. The molecule has 0 aromatic heterocycles. The van der Waals surface area contributed by atoms with Gasteiger partial charge >= 0.3 is 0 Å². The van der Waals surface area contributed by atoms with Gasteiger partial charge in [-0.2, -0.15) is 0 Å². The van der Waals surface area contributed by atoms with Gasteiger partial charge in [0.25, 0.3) is 0 Å². The monoisotopic (exact) mass is 371 g/mol. The molecule has 1 heterocycles. The zero-order valence-electron chi connectivity index (χ0n) is 25.6. The van der Waals surface area contributed by atoms with Crippen molar-refractivity contribution >= 4 is 17.6 Å². The van der Waals surface area contributed by atoms with Crippen LogP contribution in [-0.4, -0.2) is 47.2 Å². The molecule has 4 atom stereocenters. The number of likely N-dealkylation sites (N-methyl/N-ethyl adjacent to an activating group) is 1. The average Bonchev–Trinajstić information content (AvgIpc) is 2.78. The maximum absolute atomic E-state index is 13.3. The maximum Gasteiger partial charge on any atom is 0.249 e. The first-order valence-electron chi connectivity index (χ1n) is 13.3. The molecule has 26 heavy (non-hydrogen) atoms. The highest BCUT2D eigenvalue weighted by molar-refractivity contribution is 5.92. The van der Waals surface area contributed by atoms with Crippen LogP contribution in [0.4, 0.5) is 0 Å².